The van der Waals surface area contributed by atoms with Crippen molar-refractivity contribution in [1.82, 2.24) is 0 Å². The molecule has 7 heteroatoms. The minimum absolute atomic E-state index is 0.259. The van der Waals surface area contributed by atoms with Crippen LogP contribution in [0.1, 0.15) is 10.4 Å². The third kappa shape index (κ3) is 2.01. The van der Waals surface area contributed by atoms with E-state index in [1.54, 1.807) is 0 Å². The maximum atomic E-state index is 13.0. The van der Waals surface area contributed by atoms with Crippen molar-refractivity contribution in [3.63, 3.8) is 0 Å². The van der Waals surface area contributed by atoms with Crippen molar-refractivity contribution in [2.24, 2.45) is 0 Å². The Bertz CT molecular complexity index is 431. The summed E-state index contributed by atoms with van der Waals surface area (Å²) in [5.74, 6) is -2.82. The first-order valence-electron chi connectivity index (χ1n) is 3.72. The first kappa shape index (κ1) is 10.9. The van der Waals surface area contributed by atoms with E-state index in [-0.39, 0.29) is 5.75 Å². The molecule has 0 bridgehead atoms. The van der Waals surface area contributed by atoms with Gasteiger partial charge in [0.15, 0.2) is 0 Å². The monoisotopic (exact) mass is 215 g/mol. The van der Waals surface area contributed by atoms with Gasteiger partial charge in [-0.05, 0) is 0 Å². The normalized spacial score (nSPS) is 9.73. The SMILES string of the molecule is COc1cc(F)c([N+](=O)[O-])cc1C(=O)O. The molecule has 0 radical (unpaired) electrons. The molecule has 0 aliphatic carbocycles. The number of methoxy groups -OCH3 is 1. The summed E-state index contributed by atoms with van der Waals surface area (Å²) in [4.78, 5) is 20.0. The number of aromatic carboxylic acids is 1. The van der Waals surface area contributed by atoms with Gasteiger partial charge in [-0.1, -0.05) is 0 Å². The van der Waals surface area contributed by atoms with Crippen LogP contribution in [-0.4, -0.2) is 23.1 Å². The quantitative estimate of drug-likeness (QED) is 0.608. The Morgan fingerprint density at radius 1 is 1.60 bits per heavy atom. The Labute approximate surface area is 83.0 Å². The lowest BCUT2D eigenvalue weighted by atomic mass is 10.1. The number of benzene rings is 1. The summed E-state index contributed by atoms with van der Waals surface area (Å²) < 4.78 is 17.6. The van der Waals surface area contributed by atoms with Crippen molar-refractivity contribution in [1.29, 1.82) is 0 Å². The van der Waals surface area contributed by atoms with E-state index >= 15 is 0 Å². The molecule has 0 aliphatic heterocycles. The fraction of sp³-hybridized carbons (Fsp3) is 0.125. The molecule has 0 aromatic heterocycles. The Morgan fingerprint density at radius 3 is 2.60 bits per heavy atom. The van der Waals surface area contributed by atoms with Gasteiger partial charge in [0.05, 0.1) is 12.0 Å². The van der Waals surface area contributed by atoms with E-state index in [1.807, 2.05) is 0 Å². The topological polar surface area (TPSA) is 89.7 Å². The molecular formula is C8H6FNO5. The highest BCUT2D eigenvalue weighted by Crippen LogP contribution is 2.27. The third-order valence-corrected chi connectivity index (χ3v) is 1.70. The van der Waals surface area contributed by atoms with Crippen molar-refractivity contribution in [3.05, 3.63) is 33.6 Å². The molecule has 0 aliphatic rings. The number of nitro benzene ring substituents is 1. The molecule has 0 amide bonds. The summed E-state index contributed by atoms with van der Waals surface area (Å²) in [5, 5.41) is 19.0. The van der Waals surface area contributed by atoms with E-state index in [0.29, 0.717) is 12.1 Å². The minimum Gasteiger partial charge on any atom is -0.496 e. The number of carbonyl (C=O) groups is 1. The Hall–Kier alpha value is -2.18. The van der Waals surface area contributed by atoms with Crippen molar-refractivity contribution in [2.45, 2.75) is 0 Å². The molecule has 6 nitrogen and oxygen atoms in total. The lowest BCUT2D eigenvalue weighted by Crippen LogP contribution is -2.03. The predicted molar refractivity (Wildman–Crippen MR) is 46.6 cm³/mol. The van der Waals surface area contributed by atoms with Crippen LogP contribution in [0.3, 0.4) is 0 Å². The van der Waals surface area contributed by atoms with E-state index in [9.17, 15) is 19.3 Å². The molecule has 0 atom stereocenters. The summed E-state index contributed by atoms with van der Waals surface area (Å²) in [6.07, 6.45) is 0. The van der Waals surface area contributed by atoms with E-state index in [0.717, 1.165) is 7.11 Å². The van der Waals surface area contributed by atoms with Crippen molar-refractivity contribution in [2.75, 3.05) is 7.11 Å². The van der Waals surface area contributed by atoms with Gasteiger partial charge in [0, 0.05) is 12.1 Å². The minimum atomic E-state index is -1.42. The zero-order valence-corrected chi connectivity index (χ0v) is 7.56. The molecular weight excluding hydrogens is 209 g/mol. The van der Waals surface area contributed by atoms with Crippen LogP contribution in [-0.2, 0) is 0 Å². The highest BCUT2D eigenvalue weighted by molar-refractivity contribution is 5.91. The van der Waals surface area contributed by atoms with Crippen LogP contribution in [0.5, 0.6) is 5.75 Å². The molecule has 0 saturated heterocycles. The van der Waals surface area contributed by atoms with Crippen LogP contribution in [0.2, 0.25) is 0 Å². The molecule has 1 aromatic rings. The number of ether oxygens (including phenoxy) is 1. The second-order valence-electron chi connectivity index (χ2n) is 2.57. The van der Waals surface area contributed by atoms with Gasteiger partial charge in [0.25, 0.3) is 0 Å². The van der Waals surface area contributed by atoms with Crippen LogP contribution in [0.15, 0.2) is 12.1 Å². The number of carboxylic acids is 1. The maximum Gasteiger partial charge on any atom is 0.339 e. The number of hydrogen-bond acceptors (Lipinski definition) is 4. The molecule has 1 rings (SSSR count). The second kappa shape index (κ2) is 3.91. The lowest BCUT2D eigenvalue weighted by molar-refractivity contribution is -0.387. The van der Waals surface area contributed by atoms with Crippen LogP contribution in [0, 0.1) is 15.9 Å². The predicted octanol–water partition coefficient (Wildman–Crippen LogP) is 1.44. The van der Waals surface area contributed by atoms with Crippen molar-refractivity contribution >= 4 is 11.7 Å². The van der Waals surface area contributed by atoms with E-state index < -0.39 is 28.0 Å². The van der Waals surface area contributed by atoms with Crippen LogP contribution >= 0.6 is 0 Å². The number of carboxylic acid groups (broad SMARTS) is 1. The van der Waals surface area contributed by atoms with Crippen LogP contribution in [0.25, 0.3) is 0 Å². The van der Waals surface area contributed by atoms with Crippen LogP contribution in [0.4, 0.5) is 10.1 Å². The number of rotatable bonds is 3. The molecule has 80 valence electrons. The first-order chi connectivity index (χ1) is 6.97. The van der Waals surface area contributed by atoms with Gasteiger partial charge in [-0.15, -0.1) is 0 Å². The summed E-state index contributed by atoms with van der Waals surface area (Å²) in [6, 6.07) is 1.29. The van der Waals surface area contributed by atoms with Gasteiger partial charge in [0.1, 0.15) is 11.3 Å². The number of halogens is 1. The third-order valence-electron chi connectivity index (χ3n) is 1.70. The molecule has 1 aromatic carbocycles. The Kier molecular flexibility index (Phi) is 2.84. The van der Waals surface area contributed by atoms with Crippen molar-refractivity contribution in [3.8, 4) is 5.75 Å². The van der Waals surface area contributed by atoms with Crippen molar-refractivity contribution < 1.29 is 24.0 Å². The standard InChI is InChI=1S/C8H6FNO5/c1-15-7-3-5(9)6(10(13)14)2-4(7)8(11)12/h2-3H,1H3,(H,11,12). The molecule has 0 unspecified atom stereocenters. The summed E-state index contributed by atoms with van der Waals surface area (Å²) >= 11 is 0. The number of nitrogens with zero attached hydrogens (tertiary/aromatic N) is 1. The fourth-order valence-corrected chi connectivity index (χ4v) is 1.02. The van der Waals surface area contributed by atoms with E-state index in [1.165, 1.54) is 0 Å². The van der Waals surface area contributed by atoms with Gasteiger partial charge < -0.3 is 9.84 Å². The molecule has 0 spiro atoms. The fourth-order valence-electron chi connectivity index (χ4n) is 1.02. The van der Waals surface area contributed by atoms with Gasteiger partial charge in [-0.25, -0.2) is 4.79 Å². The zero-order valence-electron chi connectivity index (χ0n) is 7.56. The average molecular weight is 215 g/mol. The van der Waals surface area contributed by atoms with Gasteiger partial charge in [0.2, 0.25) is 5.82 Å². The van der Waals surface area contributed by atoms with Crippen LogP contribution < -0.4 is 4.74 Å². The molecule has 1 N–H and O–H groups in total. The second-order valence-corrected chi connectivity index (χ2v) is 2.57. The van der Waals surface area contributed by atoms with E-state index in [2.05, 4.69) is 4.74 Å². The summed E-state index contributed by atoms with van der Waals surface area (Å²) in [6.45, 7) is 0. The molecule has 0 saturated carbocycles. The Morgan fingerprint density at radius 2 is 2.20 bits per heavy atom. The first-order valence-corrected chi connectivity index (χ1v) is 3.72. The smallest absolute Gasteiger partial charge is 0.339 e. The Balaban J connectivity index is 3.43. The number of nitro groups is 1. The van der Waals surface area contributed by atoms with Gasteiger partial charge in [-0.2, -0.15) is 4.39 Å². The maximum absolute atomic E-state index is 13.0. The zero-order chi connectivity index (χ0) is 11.6. The summed E-state index contributed by atoms with van der Waals surface area (Å²) in [7, 11) is 1.15. The highest BCUT2D eigenvalue weighted by Gasteiger charge is 2.22. The highest BCUT2D eigenvalue weighted by atomic mass is 19.1. The molecule has 0 fully saturated rings. The summed E-state index contributed by atoms with van der Waals surface area (Å²) in [5.41, 5.74) is -1.35. The number of hydrogen-bond donors (Lipinski definition) is 1. The van der Waals surface area contributed by atoms with Gasteiger partial charge >= 0.3 is 11.7 Å². The average Bonchev–Trinajstić information content (AvgIpc) is 2.16. The van der Waals surface area contributed by atoms with E-state index in [4.69, 9.17) is 5.11 Å². The lowest BCUT2D eigenvalue weighted by Gasteiger charge is -2.04. The van der Waals surface area contributed by atoms with Gasteiger partial charge in [-0.3, -0.25) is 10.1 Å². The molecule has 0 heterocycles. The largest absolute Gasteiger partial charge is 0.496 e. The molecule has 15 heavy (non-hydrogen) atoms.